The second-order valence-corrected chi connectivity index (χ2v) is 9.03. The monoisotopic (exact) mass is 430 g/mol. The standard InChI is InChI=1S/C22H26N2O5S/c1-15(25)24-30(27,28)20-14-7-6-13-19(20)23-22(26)18-12-8-11-17(21(18)29-2)16-9-4-3-5-10-16/h6-8,11-14,16H,3-5,9-10H2,1-2H3,(H,23,26)(H,24,25). The lowest BCUT2D eigenvalue weighted by Gasteiger charge is -2.24. The summed E-state index contributed by atoms with van der Waals surface area (Å²) >= 11 is 0. The third-order valence-electron chi connectivity index (χ3n) is 5.24. The van der Waals surface area contributed by atoms with E-state index in [4.69, 9.17) is 4.74 Å². The molecule has 1 saturated carbocycles. The number of amides is 2. The minimum absolute atomic E-state index is 0.0846. The Balaban J connectivity index is 1.93. The molecule has 0 atom stereocenters. The highest BCUT2D eigenvalue weighted by atomic mass is 32.2. The van der Waals surface area contributed by atoms with E-state index in [-0.39, 0.29) is 10.6 Å². The van der Waals surface area contributed by atoms with Crippen molar-refractivity contribution in [1.29, 1.82) is 0 Å². The van der Waals surface area contributed by atoms with E-state index in [1.54, 1.807) is 12.1 Å². The van der Waals surface area contributed by atoms with Crippen LogP contribution in [0.25, 0.3) is 0 Å². The fourth-order valence-electron chi connectivity index (χ4n) is 3.93. The van der Waals surface area contributed by atoms with Crippen molar-refractivity contribution in [2.75, 3.05) is 12.4 Å². The average Bonchev–Trinajstić information content (AvgIpc) is 2.73. The topological polar surface area (TPSA) is 102 Å². The van der Waals surface area contributed by atoms with Crippen LogP contribution in [-0.2, 0) is 14.8 Å². The minimum atomic E-state index is -4.10. The van der Waals surface area contributed by atoms with Crippen molar-refractivity contribution < 1.29 is 22.7 Å². The SMILES string of the molecule is COc1c(C(=O)Nc2ccccc2S(=O)(=O)NC(C)=O)cccc1C1CCCCC1. The summed E-state index contributed by atoms with van der Waals surface area (Å²) in [6.45, 7) is 1.11. The van der Waals surface area contributed by atoms with Gasteiger partial charge in [-0.3, -0.25) is 9.59 Å². The summed E-state index contributed by atoms with van der Waals surface area (Å²) in [7, 11) is -2.57. The Morgan fingerprint density at radius 3 is 2.37 bits per heavy atom. The first kappa shape index (κ1) is 21.8. The highest BCUT2D eigenvalue weighted by Crippen LogP contribution is 2.39. The molecule has 0 bridgehead atoms. The van der Waals surface area contributed by atoms with Crippen LogP contribution in [0.15, 0.2) is 47.4 Å². The van der Waals surface area contributed by atoms with Gasteiger partial charge in [-0.15, -0.1) is 0 Å². The lowest BCUT2D eigenvalue weighted by Crippen LogP contribution is -2.29. The molecule has 2 N–H and O–H groups in total. The zero-order chi connectivity index (χ0) is 21.7. The van der Waals surface area contributed by atoms with Gasteiger partial charge < -0.3 is 10.1 Å². The van der Waals surface area contributed by atoms with Crippen molar-refractivity contribution in [3.05, 3.63) is 53.6 Å². The maximum Gasteiger partial charge on any atom is 0.266 e. The molecule has 2 aromatic carbocycles. The molecular weight excluding hydrogens is 404 g/mol. The number of anilines is 1. The van der Waals surface area contributed by atoms with Gasteiger partial charge in [-0.1, -0.05) is 43.5 Å². The van der Waals surface area contributed by atoms with Crippen LogP contribution in [0.3, 0.4) is 0 Å². The number of ether oxygens (including phenoxy) is 1. The van der Waals surface area contributed by atoms with Crippen molar-refractivity contribution in [3.63, 3.8) is 0 Å². The third kappa shape index (κ3) is 4.81. The fourth-order valence-corrected chi connectivity index (χ4v) is 5.09. The Hall–Kier alpha value is -2.87. The number of benzene rings is 2. The van der Waals surface area contributed by atoms with Gasteiger partial charge in [-0.05, 0) is 42.5 Å². The Morgan fingerprint density at radius 2 is 1.70 bits per heavy atom. The molecule has 0 spiro atoms. The summed E-state index contributed by atoms with van der Waals surface area (Å²) < 4.78 is 32.4. The van der Waals surface area contributed by atoms with E-state index in [0.717, 1.165) is 38.2 Å². The van der Waals surface area contributed by atoms with Crippen molar-refractivity contribution in [3.8, 4) is 5.75 Å². The van der Waals surface area contributed by atoms with E-state index in [9.17, 15) is 18.0 Å². The van der Waals surface area contributed by atoms with Crippen LogP contribution >= 0.6 is 0 Å². The molecule has 3 rings (SSSR count). The largest absolute Gasteiger partial charge is 0.496 e. The number of carbonyl (C=O) groups is 2. The first-order valence-electron chi connectivity index (χ1n) is 9.94. The Bertz CT molecular complexity index is 1040. The van der Waals surface area contributed by atoms with Crippen LogP contribution in [0.1, 0.15) is 60.9 Å². The maximum atomic E-state index is 13.1. The van der Waals surface area contributed by atoms with Crippen LogP contribution in [0.5, 0.6) is 5.75 Å². The first-order chi connectivity index (χ1) is 14.3. The van der Waals surface area contributed by atoms with Gasteiger partial charge in [0.1, 0.15) is 10.6 Å². The van der Waals surface area contributed by atoms with Crippen LogP contribution in [-0.4, -0.2) is 27.3 Å². The zero-order valence-corrected chi connectivity index (χ0v) is 17.9. The van der Waals surface area contributed by atoms with Gasteiger partial charge in [-0.2, -0.15) is 0 Å². The minimum Gasteiger partial charge on any atom is -0.496 e. The van der Waals surface area contributed by atoms with Gasteiger partial charge in [0.2, 0.25) is 5.91 Å². The molecule has 0 radical (unpaired) electrons. The number of rotatable bonds is 6. The molecule has 30 heavy (non-hydrogen) atoms. The van der Waals surface area contributed by atoms with Crippen molar-refractivity contribution in [1.82, 2.24) is 4.72 Å². The normalized spacial score (nSPS) is 14.7. The summed E-state index contributed by atoms with van der Waals surface area (Å²) in [5, 5.41) is 2.66. The molecule has 7 nitrogen and oxygen atoms in total. The van der Waals surface area contributed by atoms with Gasteiger partial charge in [-0.25, -0.2) is 13.1 Å². The lowest BCUT2D eigenvalue weighted by molar-refractivity contribution is -0.117. The van der Waals surface area contributed by atoms with E-state index in [1.165, 1.54) is 31.7 Å². The Morgan fingerprint density at radius 1 is 1.00 bits per heavy atom. The van der Waals surface area contributed by atoms with Crippen LogP contribution in [0.2, 0.25) is 0 Å². The van der Waals surface area contributed by atoms with Crippen LogP contribution in [0, 0.1) is 0 Å². The molecule has 8 heteroatoms. The Labute approximate surface area is 176 Å². The van der Waals surface area contributed by atoms with Crippen LogP contribution < -0.4 is 14.8 Å². The predicted octanol–water partition coefficient (Wildman–Crippen LogP) is 3.82. The number of hydrogen-bond acceptors (Lipinski definition) is 5. The number of carbonyl (C=O) groups excluding carboxylic acids is 2. The molecule has 160 valence electrons. The number of methoxy groups -OCH3 is 1. The number of sulfonamides is 1. The van der Waals surface area contributed by atoms with E-state index >= 15 is 0 Å². The average molecular weight is 431 g/mol. The third-order valence-corrected chi connectivity index (χ3v) is 6.73. The summed E-state index contributed by atoms with van der Waals surface area (Å²) in [4.78, 5) is 24.1. The molecule has 1 aliphatic carbocycles. The Kier molecular flexibility index (Phi) is 6.77. The quantitative estimate of drug-likeness (QED) is 0.725. The molecule has 0 saturated heterocycles. The summed E-state index contributed by atoms with van der Waals surface area (Å²) in [6, 6.07) is 11.4. The van der Waals surface area contributed by atoms with Crippen molar-refractivity contribution in [2.24, 2.45) is 0 Å². The van der Waals surface area contributed by atoms with Crippen molar-refractivity contribution >= 4 is 27.5 Å². The van der Waals surface area contributed by atoms with Crippen LogP contribution in [0.4, 0.5) is 5.69 Å². The molecular formula is C22H26N2O5S. The summed E-state index contributed by atoms with van der Waals surface area (Å²) in [6.07, 6.45) is 5.63. The van der Waals surface area contributed by atoms with E-state index < -0.39 is 21.8 Å². The molecule has 0 unspecified atom stereocenters. The van der Waals surface area contributed by atoms with Gasteiger partial charge in [0.25, 0.3) is 15.9 Å². The highest BCUT2D eigenvalue weighted by molar-refractivity contribution is 7.90. The lowest BCUT2D eigenvalue weighted by atomic mass is 9.83. The number of nitrogens with one attached hydrogen (secondary N) is 2. The first-order valence-corrected chi connectivity index (χ1v) is 11.4. The van der Waals surface area contributed by atoms with E-state index in [0.29, 0.717) is 17.2 Å². The molecule has 0 heterocycles. The van der Waals surface area contributed by atoms with Gasteiger partial charge in [0.15, 0.2) is 0 Å². The predicted molar refractivity (Wildman–Crippen MR) is 114 cm³/mol. The number of hydrogen-bond donors (Lipinski definition) is 2. The molecule has 0 aromatic heterocycles. The van der Waals surface area contributed by atoms with E-state index in [1.807, 2.05) is 16.9 Å². The molecule has 1 aliphatic rings. The second kappa shape index (κ2) is 9.30. The van der Waals surface area contributed by atoms with Gasteiger partial charge in [0.05, 0.1) is 18.4 Å². The number of para-hydroxylation sites is 2. The highest BCUT2D eigenvalue weighted by Gasteiger charge is 2.25. The molecule has 0 aliphatic heterocycles. The van der Waals surface area contributed by atoms with Gasteiger partial charge in [0, 0.05) is 6.92 Å². The molecule has 1 fully saturated rings. The fraction of sp³-hybridized carbons (Fsp3) is 0.364. The zero-order valence-electron chi connectivity index (χ0n) is 17.1. The van der Waals surface area contributed by atoms with E-state index in [2.05, 4.69) is 5.32 Å². The molecule has 2 amide bonds. The van der Waals surface area contributed by atoms with Gasteiger partial charge >= 0.3 is 0 Å². The summed E-state index contributed by atoms with van der Waals surface area (Å²) in [5.41, 5.74) is 1.43. The second-order valence-electron chi connectivity index (χ2n) is 7.37. The summed E-state index contributed by atoms with van der Waals surface area (Å²) in [5.74, 6) is -0.328. The molecule has 2 aromatic rings. The van der Waals surface area contributed by atoms with Crippen molar-refractivity contribution in [2.45, 2.75) is 49.8 Å². The maximum absolute atomic E-state index is 13.1. The smallest absolute Gasteiger partial charge is 0.266 e.